The molecule has 2 N–H and O–H groups in total. The Balaban J connectivity index is 1.65. The Morgan fingerprint density at radius 2 is 1.88 bits per heavy atom. The lowest BCUT2D eigenvalue weighted by Crippen LogP contribution is -2.38. The summed E-state index contributed by atoms with van der Waals surface area (Å²) in [5.74, 6) is -1.07. The molecule has 1 fully saturated rings. The van der Waals surface area contributed by atoms with Crippen molar-refractivity contribution in [3.8, 4) is 0 Å². The number of ether oxygens (including phenoxy) is 1. The molecule has 7 heteroatoms. The molecule has 1 aliphatic heterocycles. The van der Waals surface area contributed by atoms with Gasteiger partial charge in [-0.05, 0) is 24.3 Å². The van der Waals surface area contributed by atoms with E-state index < -0.39 is 5.97 Å². The first-order valence-corrected chi connectivity index (χ1v) is 8.65. The minimum absolute atomic E-state index is 0.159. The van der Waals surface area contributed by atoms with E-state index in [1.54, 1.807) is 11.0 Å². The third kappa shape index (κ3) is 6.96. The fourth-order valence-corrected chi connectivity index (χ4v) is 2.70. The molecule has 1 aromatic carbocycles. The lowest BCUT2D eigenvalue weighted by Gasteiger charge is -2.30. The number of rotatable bonds is 7. The molecule has 0 saturated carbocycles. The largest absolute Gasteiger partial charge is 0.480 e. The summed E-state index contributed by atoms with van der Waals surface area (Å²) < 4.78 is 5.33. The highest BCUT2D eigenvalue weighted by Crippen LogP contribution is 2.19. The fraction of sp³-hybridized carbons (Fsp3) is 0.421. The maximum atomic E-state index is 12.1. The Morgan fingerprint density at radius 3 is 2.54 bits per heavy atom. The minimum atomic E-state index is -1.06. The van der Waals surface area contributed by atoms with Crippen LogP contribution in [0.3, 0.4) is 0 Å². The van der Waals surface area contributed by atoms with Crippen molar-refractivity contribution in [1.82, 2.24) is 10.2 Å². The van der Waals surface area contributed by atoms with Gasteiger partial charge in [0.25, 0.3) is 0 Å². The number of benzene rings is 1. The molecule has 1 aromatic rings. The van der Waals surface area contributed by atoms with E-state index in [-0.39, 0.29) is 31.6 Å². The molecule has 140 valence electrons. The Bertz CT molecular complexity index is 637. The Morgan fingerprint density at radius 1 is 1.19 bits per heavy atom. The molecule has 1 saturated heterocycles. The average Bonchev–Trinajstić information content (AvgIpc) is 2.66. The third-order valence-electron chi connectivity index (χ3n) is 4.15. The van der Waals surface area contributed by atoms with Crippen LogP contribution in [-0.2, 0) is 20.9 Å². The van der Waals surface area contributed by atoms with Gasteiger partial charge < -0.3 is 20.1 Å². The van der Waals surface area contributed by atoms with Crippen molar-refractivity contribution in [2.45, 2.75) is 25.9 Å². The van der Waals surface area contributed by atoms with Crippen molar-refractivity contribution < 1.29 is 24.2 Å². The van der Waals surface area contributed by atoms with Crippen molar-refractivity contribution in [1.29, 1.82) is 0 Å². The summed E-state index contributed by atoms with van der Waals surface area (Å²) in [5, 5.41) is 10.8. The van der Waals surface area contributed by atoms with E-state index in [1.807, 2.05) is 36.4 Å². The third-order valence-corrected chi connectivity index (χ3v) is 4.15. The van der Waals surface area contributed by atoms with E-state index in [4.69, 9.17) is 9.84 Å². The second-order valence-electron chi connectivity index (χ2n) is 6.17. The van der Waals surface area contributed by atoms with Crippen molar-refractivity contribution in [3.63, 3.8) is 0 Å². The van der Waals surface area contributed by atoms with E-state index in [0.29, 0.717) is 19.0 Å². The standard InChI is InChI=1S/C19H24N2O5/c22-17(20-13-18(23)24)8-4-7-15-9-11-21(12-10-15)19(25)26-14-16-5-2-1-3-6-16/h1-7,15H,8-14H2,(H,20,22)(H,23,24). The van der Waals surface area contributed by atoms with Gasteiger partial charge in [0, 0.05) is 19.5 Å². The summed E-state index contributed by atoms with van der Waals surface area (Å²) in [6.07, 6.45) is 5.20. The molecular weight excluding hydrogens is 336 g/mol. The lowest BCUT2D eigenvalue weighted by molar-refractivity contribution is -0.137. The molecule has 0 aliphatic carbocycles. The normalized spacial score (nSPS) is 15.0. The van der Waals surface area contributed by atoms with Crippen LogP contribution < -0.4 is 5.32 Å². The van der Waals surface area contributed by atoms with E-state index in [1.165, 1.54) is 0 Å². The zero-order valence-electron chi connectivity index (χ0n) is 14.6. The topological polar surface area (TPSA) is 95.9 Å². The van der Waals surface area contributed by atoms with Gasteiger partial charge in [-0.1, -0.05) is 42.5 Å². The van der Waals surface area contributed by atoms with Gasteiger partial charge in [0.05, 0.1) is 0 Å². The number of hydrogen-bond donors (Lipinski definition) is 2. The first-order chi connectivity index (χ1) is 12.5. The van der Waals surface area contributed by atoms with Crippen LogP contribution in [-0.4, -0.2) is 47.6 Å². The summed E-state index contributed by atoms with van der Waals surface area (Å²) in [5.41, 5.74) is 0.958. The number of allylic oxidation sites excluding steroid dienone is 1. The maximum Gasteiger partial charge on any atom is 0.410 e. The fourth-order valence-electron chi connectivity index (χ4n) is 2.70. The van der Waals surface area contributed by atoms with Crippen LogP contribution in [0.25, 0.3) is 0 Å². The number of carbonyl (C=O) groups excluding carboxylic acids is 2. The first kappa shape index (κ1) is 19.5. The Hall–Kier alpha value is -2.83. The van der Waals surface area contributed by atoms with Gasteiger partial charge in [0.2, 0.25) is 5.91 Å². The van der Waals surface area contributed by atoms with Crippen molar-refractivity contribution in [2.24, 2.45) is 5.92 Å². The average molecular weight is 360 g/mol. The van der Waals surface area contributed by atoms with Crippen LogP contribution in [0.1, 0.15) is 24.8 Å². The SMILES string of the molecule is O=C(O)CNC(=O)CC=CC1CCN(C(=O)OCc2ccccc2)CC1. The monoisotopic (exact) mass is 360 g/mol. The smallest absolute Gasteiger partial charge is 0.410 e. The summed E-state index contributed by atoms with van der Waals surface area (Å²) in [7, 11) is 0. The molecule has 7 nitrogen and oxygen atoms in total. The number of nitrogens with zero attached hydrogens (tertiary/aromatic N) is 1. The second kappa shape index (κ2) is 10.2. The van der Waals surface area contributed by atoms with Crippen molar-refractivity contribution >= 4 is 18.0 Å². The van der Waals surface area contributed by atoms with E-state index in [0.717, 1.165) is 18.4 Å². The Kier molecular flexibility index (Phi) is 7.67. The summed E-state index contributed by atoms with van der Waals surface area (Å²) in [6, 6.07) is 9.55. The predicted molar refractivity (Wildman–Crippen MR) is 95.3 cm³/mol. The van der Waals surface area contributed by atoms with Gasteiger partial charge in [-0.2, -0.15) is 0 Å². The summed E-state index contributed by atoms with van der Waals surface area (Å²) >= 11 is 0. The van der Waals surface area contributed by atoms with E-state index in [2.05, 4.69) is 5.32 Å². The van der Waals surface area contributed by atoms with E-state index >= 15 is 0 Å². The van der Waals surface area contributed by atoms with Gasteiger partial charge in [-0.3, -0.25) is 9.59 Å². The molecule has 0 spiro atoms. The van der Waals surface area contributed by atoms with Crippen LogP contribution in [0, 0.1) is 5.92 Å². The number of carbonyl (C=O) groups is 3. The van der Waals surface area contributed by atoms with Gasteiger partial charge in [-0.15, -0.1) is 0 Å². The first-order valence-electron chi connectivity index (χ1n) is 8.65. The molecule has 0 aromatic heterocycles. The van der Waals surface area contributed by atoms with Crippen LogP contribution in [0.15, 0.2) is 42.5 Å². The number of carboxylic acid groups (broad SMARTS) is 1. The summed E-state index contributed by atoms with van der Waals surface area (Å²) in [4.78, 5) is 35.6. The second-order valence-corrected chi connectivity index (χ2v) is 6.17. The van der Waals surface area contributed by atoms with Gasteiger partial charge >= 0.3 is 12.1 Å². The Labute approximate surface area is 152 Å². The number of amides is 2. The van der Waals surface area contributed by atoms with Gasteiger partial charge in [-0.25, -0.2) is 4.79 Å². The van der Waals surface area contributed by atoms with Gasteiger partial charge in [0.15, 0.2) is 0 Å². The van der Waals surface area contributed by atoms with Crippen molar-refractivity contribution in [2.75, 3.05) is 19.6 Å². The predicted octanol–water partition coefficient (Wildman–Crippen LogP) is 2.18. The molecule has 2 rings (SSSR count). The molecule has 26 heavy (non-hydrogen) atoms. The summed E-state index contributed by atoms with van der Waals surface area (Å²) in [6.45, 7) is 1.14. The van der Waals surface area contributed by atoms with Crippen molar-refractivity contribution in [3.05, 3.63) is 48.0 Å². The maximum absolute atomic E-state index is 12.1. The number of nitrogens with one attached hydrogen (secondary N) is 1. The van der Waals surface area contributed by atoms with Gasteiger partial charge in [0.1, 0.15) is 13.2 Å². The molecule has 0 unspecified atom stereocenters. The number of hydrogen-bond acceptors (Lipinski definition) is 4. The molecule has 0 radical (unpaired) electrons. The molecule has 1 aliphatic rings. The number of piperidine rings is 1. The quantitative estimate of drug-likeness (QED) is 0.727. The molecular formula is C19H24N2O5. The highest BCUT2D eigenvalue weighted by Gasteiger charge is 2.22. The molecule has 0 bridgehead atoms. The molecule has 1 heterocycles. The molecule has 2 amide bonds. The van der Waals surface area contributed by atoms with Crippen LogP contribution in [0.5, 0.6) is 0 Å². The highest BCUT2D eigenvalue weighted by atomic mass is 16.6. The molecule has 0 atom stereocenters. The van der Waals surface area contributed by atoms with E-state index in [9.17, 15) is 14.4 Å². The number of aliphatic carboxylic acids is 1. The van der Waals surface area contributed by atoms with Crippen LogP contribution >= 0.6 is 0 Å². The zero-order chi connectivity index (χ0) is 18.8. The number of carboxylic acids is 1. The lowest BCUT2D eigenvalue weighted by atomic mass is 9.96. The number of likely N-dealkylation sites (tertiary alicyclic amines) is 1. The van der Waals surface area contributed by atoms with Crippen LogP contribution in [0.2, 0.25) is 0 Å². The van der Waals surface area contributed by atoms with Crippen LogP contribution in [0.4, 0.5) is 4.79 Å². The highest BCUT2D eigenvalue weighted by molar-refractivity contribution is 5.82. The zero-order valence-corrected chi connectivity index (χ0v) is 14.6. The minimum Gasteiger partial charge on any atom is -0.480 e.